The summed E-state index contributed by atoms with van der Waals surface area (Å²) in [6, 6.07) is 10.4. The molecule has 0 amide bonds. The third-order valence-electron chi connectivity index (χ3n) is 4.38. The number of phenolic OH excluding ortho intramolecular Hbond substituents is 2. The molecule has 3 N–H and O–H groups in total. The van der Waals surface area contributed by atoms with Crippen molar-refractivity contribution in [3.63, 3.8) is 0 Å². The highest BCUT2D eigenvalue weighted by molar-refractivity contribution is 5.82. The van der Waals surface area contributed by atoms with Gasteiger partial charge in [-0.05, 0) is 11.1 Å². The van der Waals surface area contributed by atoms with E-state index in [-0.39, 0.29) is 17.9 Å². The van der Waals surface area contributed by atoms with Gasteiger partial charge in [-0.25, -0.2) is 0 Å². The Morgan fingerprint density at radius 3 is 2.36 bits per heavy atom. The van der Waals surface area contributed by atoms with Crippen molar-refractivity contribution >= 4 is 5.97 Å². The van der Waals surface area contributed by atoms with Crippen LogP contribution in [-0.2, 0) is 22.5 Å². The van der Waals surface area contributed by atoms with E-state index < -0.39 is 5.97 Å². The molecule has 1 saturated heterocycles. The van der Waals surface area contributed by atoms with Gasteiger partial charge in [0.15, 0.2) is 0 Å². The summed E-state index contributed by atoms with van der Waals surface area (Å²) in [5.41, 5.74) is 2.17. The van der Waals surface area contributed by atoms with Gasteiger partial charge in [0.1, 0.15) is 11.5 Å². The number of benzene rings is 2. The van der Waals surface area contributed by atoms with Gasteiger partial charge in [0.05, 0.1) is 19.6 Å². The number of hydrogen-bond acceptors (Lipinski definition) is 5. The van der Waals surface area contributed by atoms with Gasteiger partial charge in [0.2, 0.25) is 0 Å². The average Bonchev–Trinajstić information content (AvgIpc) is 2.59. The number of carboxylic acid groups (broad SMARTS) is 1. The molecule has 0 saturated carbocycles. The molecule has 6 heteroatoms. The second-order valence-corrected chi connectivity index (χ2v) is 6.07. The van der Waals surface area contributed by atoms with Crippen molar-refractivity contribution in [2.24, 2.45) is 0 Å². The zero-order valence-electron chi connectivity index (χ0n) is 13.8. The van der Waals surface area contributed by atoms with Crippen molar-refractivity contribution in [2.45, 2.75) is 13.0 Å². The molecule has 0 unspecified atom stereocenters. The summed E-state index contributed by atoms with van der Waals surface area (Å²) in [6.45, 7) is 3.07. The normalized spacial score (nSPS) is 15.2. The van der Waals surface area contributed by atoms with E-state index in [2.05, 4.69) is 4.90 Å². The Morgan fingerprint density at radius 1 is 1.04 bits per heavy atom. The fourth-order valence-electron chi connectivity index (χ4n) is 3.18. The summed E-state index contributed by atoms with van der Waals surface area (Å²) >= 11 is 0. The molecule has 132 valence electrons. The number of aliphatic carboxylic acids is 1. The van der Waals surface area contributed by atoms with E-state index in [0.29, 0.717) is 49.5 Å². The highest BCUT2D eigenvalue weighted by atomic mass is 16.5. The molecule has 6 nitrogen and oxygen atoms in total. The Labute approximate surface area is 145 Å². The Bertz CT molecular complexity index is 754. The summed E-state index contributed by atoms with van der Waals surface area (Å²) in [5, 5.41) is 30.1. The number of hydrogen-bond donors (Lipinski definition) is 3. The predicted molar refractivity (Wildman–Crippen MR) is 92.6 cm³/mol. The van der Waals surface area contributed by atoms with Crippen LogP contribution in [-0.4, -0.2) is 52.5 Å². The minimum atomic E-state index is -1.01. The lowest BCUT2D eigenvalue weighted by atomic mass is 9.91. The Morgan fingerprint density at radius 2 is 1.72 bits per heavy atom. The van der Waals surface area contributed by atoms with Crippen LogP contribution in [0.25, 0.3) is 11.1 Å². The van der Waals surface area contributed by atoms with Crippen LogP contribution in [0.2, 0.25) is 0 Å². The second-order valence-electron chi connectivity index (χ2n) is 6.07. The van der Waals surface area contributed by atoms with E-state index >= 15 is 0 Å². The average molecular weight is 343 g/mol. The number of phenols is 2. The summed E-state index contributed by atoms with van der Waals surface area (Å²) in [7, 11) is 0. The first kappa shape index (κ1) is 17.3. The zero-order chi connectivity index (χ0) is 17.8. The molecule has 25 heavy (non-hydrogen) atoms. The van der Waals surface area contributed by atoms with Crippen molar-refractivity contribution in [1.82, 2.24) is 4.90 Å². The van der Waals surface area contributed by atoms with E-state index in [1.165, 1.54) is 6.07 Å². The quantitative estimate of drug-likeness (QED) is 0.771. The molecule has 3 rings (SSSR count). The first-order chi connectivity index (χ1) is 12.1. The van der Waals surface area contributed by atoms with Gasteiger partial charge < -0.3 is 20.1 Å². The van der Waals surface area contributed by atoms with Crippen molar-refractivity contribution < 1.29 is 24.9 Å². The predicted octanol–water partition coefficient (Wildman–Crippen LogP) is 2.22. The number of nitrogens with zero attached hydrogens (tertiary/aromatic N) is 1. The third-order valence-corrected chi connectivity index (χ3v) is 4.38. The molecular weight excluding hydrogens is 322 g/mol. The van der Waals surface area contributed by atoms with Crippen LogP contribution in [0.1, 0.15) is 11.1 Å². The zero-order valence-corrected chi connectivity index (χ0v) is 13.8. The van der Waals surface area contributed by atoms with Gasteiger partial charge in [-0.15, -0.1) is 0 Å². The number of morpholine rings is 1. The lowest BCUT2D eigenvalue weighted by molar-refractivity contribution is -0.136. The van der Waals surface area contributed by atoms with Crippen LogP contribution in [0.5, 0.6) is 11.5 Å². The van der Waals surface area contributed by atoms with Gasteiger partial charge in [-0.2, -0.15) is 0 Å². The molecule has 2 aromatic carbocycles. The number of rotatable bonds is 5. The van der Waals surface area contributed by atoms with Gasteiger partial charge >= 0.3 is 5.97 Å². The molecule has 1 heterocycles. The summed E-state index contributed by atoms with van der Waals surface area (Å²) in [5.74, 6) is -1.21. The summed E-state index contributed by atoms with van der Waals surface area (Å²) < 4.78 is 5.34. The molecule has 1 aliphatic heterocycles. The number of aromatic hydroxyl groups is 2. The summed E-state index contributed by atoms with van der Waals surface area (Å²) in [6.07, 6.45) is -0.272. The number of ether oxygens (including phenoxy) is 1. The van der Waals surface area contributed by atoms with Crippen molar-refractivity contribution in [3.05, 3.63) is 47.5 Å². The Balaban J connectivity index is 2.10. The van der Waals surface area contributed by atoms with Crippen LogP contribution in [0.3, 0.4) is 0 Å². The number of carboxylic acids is 1. The van der Waals surface area contributed by atoms with Crippen molar-refractivity contribution in [2.75, 3.05) is 26.3 Å². The van der Waals surface area contributed by atoms with Crippen LogP contribution in [0, 0.1) is 0 Å². The highest BCUT2D eigenvalue weighted by Gasteiger charge is 2.23. The van der Waals surface area contributed by atoms with E-state index in [4.69, 9.17) is 4.74 Å². The molecule has 1 aliphatic rings. The third kappa shape index (κ3) is 3.92. The minimum absolute atomic E-state index is 0.0834. The molecule has 0 bridgehead atoms. The molecule has 0 aromatic heterocycles. The maximum Gasteiger partial charge on any atom is 0.307 e. The lowest BCUT2D eigenvalue weighted by Gasteiger charge is -2.28. The highest BCUT2D eigenvalue weighted by Crippen LogP contribution is 2.40. The molecule has 1 fully saturated rings. The van der Waals surface area contributed by atoms with Gasteiger partial charge in [-0.3, -0.25) is 9.69 Å². The molecule has 0 spiro atoms. The Kier molecular flexibility index (Phi) is 5.21. The molecule has 0 aliphatic carbocycles. The van der Waals surface area contributed by atoms with E-state index in [1.54, 1.807) is 0 Å². The molecule has 0 radical (unpaired) electrons. The standard InChI is InChI=1S/C19H21NO5/c21-16-11-17(22)19(13-4-2-1-3-5-13)14(10-18(23)24)15(16)12-20-6-8-25-9-7-20/h1-5,11,21-22H,6-10,12H2,(H,23,24). The fourth-order valence-corrected chi connectivity index (χ4v) is 3.18. The molecule has 2 aromatic rings. The Hall–Kier alpha value is -2.57. The van der Waals surface area contributed by atoms with Crippen LogP contribution in [0.15, 0.2) is 36.4 Å². The fraction of sp³-hybridized carbons (Fsp3) is 0.316. The van der Waals surface area contributed by atoms with Crippen molar-refractivity contribution in [1.29, 1.82) is 0 Å². The smallest absolute Gasteiger partial charge is 0.307 e. The second kappa shape index (κ2) is 7.55. The maximum absolute atomic E-state index is 11.4. The molecule has 0 atom stereocenters. The lowest BCUT2D eigenvalue weighted by Crippen LogP contribution is -2.36. The van der Waals surface area contributed by atoms with E-state index in [0.717, 1.165) is 5.56 Å². The maximum atomic E-state index is 11.4. The molecular formula is C19H21NO5. The van der Waals surface area contributed by atoms with Gasteiger partial charge in [0.25, 0.3) is 0 Å². The first-order valence-electron chi connectivity index (χ1n) is 8.20. The summed E-state index contributed by atoms with van der Waals surface area (Å²) in [4.78, 5) is 13.5. The SMILES string of the molecule is O=C(O)Cc1c(CN2CCOCC2)c(O)cc(O)c1-c1ccccc1. The number of carbonyl (C=O) groups is 1. The van der Waals surface area contributed by atoms with Crippen LogP contribution >= 0.6 is 0 Å². The van der Waals surface area contributed by atoms with Gasteiger partial charge in [-0.1, -0.05) is 30.3 Å². The van der Waals surface area contributed by atoms with E-state index in [9.17, 15) is 20.1 Å². The first-order valence-corrected chi connectivity index (χ1v) is 8.20. The monoisotopic (exact) mass is 343 g/mol. The van der Waals surface area contributed by atoms with Gasteiger partial charge in [0, 0.05) is 36.8 Å². The topological polar surface area (TPSA) is 90.2 Å². The van der Waals surface area contributed by atoms with E-state index in [1.807, 2.05) is 30.3 Å². The minimum Gasteiger partial charge on any atom is -0.507 e. The largest absolute Gasteiger partial charge is 0.507 e. The van der Waals surface area contributed by atoms with Crippen LogP contribution in [0.4, 0.5) is 0 Å². The van der Waals surface area contributed by atoms with Crippen LogP contribution < -0.4 is 0 Å². The van der Waals surface area contributed by atoms with Crippen molar-refractivity contribution in [3.8, 4) is 22.6 Å².